The van der Waals surface area contributed by atoms with Crippen LogP contribution in [0.4, 0.5) is 8.78 Å². The number of aliphatic hydroxyl groups is 1. The molecular weight excluding hydrogens is 282 g/mol. The molecule has 1 heterocycles. The Labute approximate surface area is 122 Å². The maximum atomic E-state index is 12.2. The van der Waals surface area contributed by atoms with Crippen LogP contribution < -0.4 is 10.1 Å². The first-order chi connectivity index (χ1) is 9.90. The maximum absolute atomic E-state index is 12.2. The molecule has 0 bridgehead atoms. The third-order valence-electron chi connectivity index (χ3n) is 2.72. The van der Waals surface area contributed by atoms with E-state index in [0.717, 1.165) is 0 Å². The molecule has 118 valence electrons. The average molecular weight is 302 g/mol. The number of aromatic nitrogens is 1. The van der Waals surface area contributed by atoms with Crippen molar-refractivity contribution in [3.63, 3.8) is 0 Å². The van der Waals surface area contributed by atoms with Gasteiger partial charge in [0.1, 0.15) is 5.56 Å². The molecule has 2 unspecified atom stereocenters. The number of hydrogen-bond donors (Lipinski definition) is 2. The summed E-state index contributed by atoms with van der Waals surface area (Å²) < 4.78 is 29.1. The molecule has 1 rings (SSSR count). The Bertz CT molecular complexity index is 456. The SMILES string of the molecule is CC(O)CC(C)CNC(=O)c1cccnc1OCC(F)F. The van der Waals surface area contributed by atoms with E-state index >= 15 is 0 Å². The molecule has 7 heteroatoms. The van der Waals surface area contributed by atoms with Gasteiger partial charge in [0, 0.05) is 12.7 Å². The zero-order valence-electron chi connectivity index (χ0n) is 12.1. The molecule has 1 aromatic rings. The minimum atomic E-state index is -2.63. The van der Waals surface area contributed by atoms with Gasteiger partial charge in [0.05, 0.1) is 6.10 Å². The Morgan fingerprint density at radius 1 is 1.48 bits per heavy atom. The summed E-state index contributed by atoms with van der Waals surface area (Å²) in [5.74, 6) is -0.459. The number of alkyl halides is 2. The summed E-state index contributed by atoms with van der Waals surface area (Å²) in [6.07, 6.45) is -1.15. The molecule has 0 aliphatic rings. The quantitative estimate of drug-likeness (QED) is 0.769. The van der Waals surface area contributed by atoms with Crippen molar-refractivity contribution in [1.82, 2.24) is 10.3 Å². The molecule has 2 atom stereocenters. The number of amides is 1. The van der Waals surface area contributed by atoms with Gasteiger partial charge in [-0.3, -0.25) is 4.79 Å². The second-order valence-electron chi connectivity index (χ2n) is 4.96. The van der Waals surface area contributed by atoms with Crippen LogP contribution in [-0.4, -0.2) is 41.7 Å². The van der Waals surface area contributed by atoms with Crippen molar-refractivity contribution < 1.29 is 23.4 Å². The van der Waals surface area contributed by atoms with Crippen LogP contribution in [0.25, 0.3) is 0 Å². The Balaban J connectivity index is 2.61. The van der Waals surface area contributed by atoms with Crippen molar-refractivity contribution in [3.05, 3.63) is 23.9 Å². The van der Waals surface area contributed by atoms with Gasteiger partial charge in [0.2, 0.25) is 5.88 Å². The van der Waals surface area contributed by atoms with E-state index in [-0.39, 0.29) is 17.4 Å². The number of ether oxygens (including phenoxy) is 1. The van der Waals surface area contributed by atoms with Gasteiger partial charge < -0.3 is 15.2 Å². The number of pyridine rings is 1. The molecule has 0 aromatic carbocycles. The molecule has 0 spiro atoms. The largest absolute Gasteiger partial charge is 0.471 e. The Morgan fingerprint density at radius 2 is 2.19 bits per heavy atom. The number of carbonyl (C=O) groups excluding carboxylic acids is 1. The topological polar surface area (TPSA) is 71.5 Å². The van der Waals surface area contributed by atoms with E-state index in [1.807, 2.05) is 6.92 Å². The van der Waals surface area contributed by atoms with Crippen LogP contribution in [0.2, 0.25) is 0 Å². The Morgan fingerprint density at radius 3 is 2.81 bits per heavy atom. The lowest BCUT2D eigenvalue weighted by Crippen LogP contribution is -2.30. The lowest BCUT2D eigenvalue weighted by atomic mass is 10.0. The van der Waals surface area contributed by atoms with Crippen LogP contribution in [-0.2, 0) is 0 Å². The van der Waals surface area contributed by atoms with Gasteiger partial charge in [-0.15, -0.1) is 0 Å². The highest BCUT2D eigenvalue weighted by atomic mass is 19.3. The summed E-state index contributed by atoms with van der Waals surface area (Å²) in [5, 5.41) is 11.9. The number of aliphatic hydroxyl groups excluding tert-OH is 1. The molecule has 0 fully saturated rings. The highest BCUT2D eigenvalue weighted by Gasteiger charge is 2.16. The van der Waals surface area contributed by atoms with Crippen molar-refractivity contribution in [2.24, 2.45) is 5.92 Å². The summed E-state index contributed by atoms with van der Waals surface area (Å²) in [4.78, 5) is 15.8. The zero-order chi connectivity index (χ0) is 15.8. The molecule has 21 heavy (non-hydrogen) atoms. The molecule has 0 radical (unpaired) electrons. The fourth-order valence-electron chi connectivity index (χ4n) is 1.85. The molecule has 5 nitrogen and oxygen atoms in total. The first-order valence-electron chi connectivity index (χ1n) is 6.72. The summed E-state index contributed by atoms with van der Waals surface area (Å²) >= 11 is 0. The summed E-state index contributed by atoms with van der Waals surface area (Å²) in [6.45, 7) is 3.13. The Hall–Kier alpha value is -1.76. The molecular formula is C14H20F2N2O3. The maximum Gasteiger partial charge on any atom is 0.272 e. The van der Waals surface area contributed by atoms with E-state index in [1.54, 1.807) is 6.92 Å². The fourth-order valence-corrected chi connectivity index (χ4v) is 1.85. The van der Waals surface area contributed by atoms with Crippen LogP contribution in [0.1, 0.15) is 30.6 Å². The molecule has 1 aromatic heterocycles. The fraction of sp³-hybridized carbons (Fsp3) is 0.571. The predicted molar refractivity (Wildman–Crippen MR) is 73.5 cm³/mol. The van der Waals surface area contributed by atoms with Crippen LogP contribution >= 0.6 is 0 Å². The van der Waals surface area contributed by atoms with Crippen molar-refractivity contribution in [2.75, 3.05) is 13.2 Å². The first-order valence-corrected chi connectivity index (χ1v) is 6.72. The predicted octanol–water partition coefficient (Wildman–Crippen LogP) is 1.86. The molecule has 0 saturated carbocycles. The van der Waals surface area contributed by atoms with Gasteiger partial charge >= 0.3 is 0 Å². The smallest absolute Gasteiger partial charge is 0.272 e. The van der Waals surface area contributed by atoms with E-state index in [2.05, 4.69) is 10.3 Å². The zero-order valence-corrected chi connectivity index (χ0v) is 12.1. The van der Waals surface area contributed by atoms with Gasteiger partial charge in [-0.1, -0.05) is 6.92 Å². The van der Waals surface area contributed by atoms with Crippen LogP contribution in [0, 0.1) is 5.92 Å². The number of hydrogen-bond acceptors (Lipinski definition) is 4. The second kappa shape index (κ2) is 8.51. The van der Waals surface area contributed by atoms with Crippen molar-refractivity contribution in [1.29, 1.82) is 0 Å². The number of carbonyl (C=O) groups is 1. The summed E-state index contributed by atoms with van der Waals surface area (Å²) in [7, 11) is 0. The number of halogens is 2. The van der Waals surface area contributed by atoms with Gasteiger partial charge in [0.15, 0.2) is 6.61 Å². The van der Waals surface area contributed by atoms with E-state index in [1.165, 1.54) is 18.3 Å². The summed E-state index contributed by atoms with van der Waals surface area (Å²) in [5.41, 5.74) is 0.113. The third-order valence-corrected chi connectivity index (χ3v) is 2.72. The molecule has 0 aliphatic carbocycles. The molecule has 0 saturated heterocycles. The standard InChI is InChI=1S/C14H20F2N2O3/c1-9(6-10(2)19)7-18-13(20)11-4-3-5-17-14(11)21-8-12(15)16/h3-5,9-10,12,19H,6-8H2,1-2H3,(H,18,20). The van der Waals surface area contributed by atoms with Gasteiger partial charge in [-0.05, 0) is 31.4 Å². The molecule has 1 amide bonds. The average Bonchev–Trinajstić information content (AvgIpc) is 2.42. The van der Waals surface area contributed by atoms with Crippen LogP contribution in [0.5, 0.6) is 5.88 Å². The third kappa shape index (κ3) is 6.48. The van der Waals surface area contributed by atoms with Crippen molar-refractivity contribution in [3.8, 4) is 5.88 Å². The lowest BCUT2D eigenvalue weighted by molar-refractivity contribution is 0.0771. The Kier molecular flexibility index (Phi) is 7.01. The van der Waals surface area contributed by atoms with E-state index in [9.17, 15) is 18.7 Å². The first kappa shape index (κ1) is 17.3. The normalized spacial score (nSPS) is 13.8. The van der Waals surface area contributed by atoms with Crippen LogP contribution in [0.3, 0.4) is 0 Å². The van der Waals surface area contributed by atoms with Crippen LogP contribution in [0.15, 0.2) is 18.3 Å². The minimum absolute atomic E-state index is 0.0936. The van der Waals surface area contributed by atoms with E-state index in [0.29, 0.717) is 13.0 Å². The van der Waals surface area contributed by atoms with Crippen molar-refractivity contribution >= 4 is 5.91 Å². The number of nitrogens with zero attached hydrogens (tertiary/aromatic N) is 1. The lowest BCUT2D eigenvalue weighted by Gasteiger charge is -2.15. The number of rotatable bonds is 8. The molecule has 2 N–H and O–H groups in total. The molecule has 0 aliphatic heterocycles. The number of nitrogens with one attached hydrogen (secondary N) is 1. The van der Waals surface area contributed by atoms with E-state index in [4.69, 9.17) is 4.74 Å². The highest BCUT2D eigenvalue weighted by molar-refractivity contribution is 5.96. The van der Waals surface area contributed by atoms with Gasteiger partial charge in [0.25, 0.3) is 12.3 Å². The second-order valence-corrected chi connectivity index (χ2v) is 4.96. The monoisotopic (exact) mass is 302 g/mol. The van der Waals surface area contributed by atoms with Crippen molar-refractivity contribution in [2.45, 2.75) is 32.8 Å². The summed E-state index contributed by atoms with van der Waals surface area (Å²) in [6, 6.07) is 2.99. The van der Waals surface area contributed by atoms with Gasteiger partial charge in [-0.25, -0.2) is 13.8 Å². The highest BCUT2D eigenvalue weighted by Crippen LogP contribution is 2.15. The van der Waals surface area contributed by atoms with Gasteiger partial charge in [-0.2, -0.15) is 0 Å². The van der Waals surface area contributed by atoms with E-state index < -0.39 is 25.0 Å². The minimum Gasteiger partial charge on any atom is -0.471 e.